The molecule has 1 heterocycles. The summed E-state index contributed by atoms with van der Waals surface area (Å²) in [5.74, 6) is 0.119. The van der Waals surface area contributed by atoms with E-state index in [9.17, 15) is 8.42 Å². The Hall–Kier alpha value is -1.53. The zero-order valence-electron chi connectivity index (χ0n) is 11.0. The molecule has 0 spiro atoms. The molecule has 0 saturated carbocycles. The van der Waals surface area contributed by atoms with E-state index in [0.29, 0.717) is 6.54 Å². The third-order valence-corrected chi connectivity index (χ3v) is 3.79. The van der Waals surface area contributed by atoms with E-state index >= 15 is 0 Å². The summed E-state index contributed by atoms with van der Waals surface area (Å²) in [5, 5.41) is 3.14. The second-order valence-electron chi connectivity index (χ2n) is 4.72. The average molecular weight is 279 g/mol. The summed E-state index contributed by atoms with van der Waals surface area (Å²) >= 11 is 0. The van der Waals surface area contributed by atoms with Gasteiger partial charge in [-0.25, -0.2) is 13.4 Å². The predicted molar refractivity (Wildman–Crippen MR) is 75.6 cm³/mol. The summed E-state index contributed by atoms with van der Waals surface area (Å²) in [6.07, 6.45) is 2.95. The van der Waals surface area contributed by atoms with Gasteiger partial charge in [0.1, 0.15) is 9.84 Å². The summed E-state index contributed by atoms with van der Waals surface area (Å²) in [5.41, 5.74) is 2.51. The van der Waals surface area contributed by atoms with Crippen LogP contribution in [0.1, 0.15) is 12.6 Å². The van der Waals surface area contributed by atoms with Gasteiger partial charge in [-0.1, -0.05) is 12.1 Å². The molecule has 102 valence electrons. The Bertz CT molecular complexity index is 670. The van der Waals surface area contributed by atoms with Gasteiger partial charge in [-0.05, 0) is 19.1 Å². The highest BCUT2D eigenvalue weighted by atomic mass is 32.2. The van der Waals surface area contributed by atoms with Crippen LogP contribution in [0.3, 0.4) is 0 Å². The number of aromatic nitrogens is 2. The van der Waals surface area contributed by atoms with Gasteiger partial charge in [0, 0.05) is 18.8 Å². The molecule has 1 N–H and O–H groups in total. The molecular formula is C13H17N3O2S. The standard InChI is InChI=1S/C13H17N3O2S/c1-10(9-19(2,17)18)14-7-11-8-15-12-5-3-4-6-13(12)16-11/h3-6,8,10,14H,7,9H2,1-2H3. The van der Waals surface area contributed by atoms with Crippen molar-refractivity contribution in [3.63, 3.8) is 0 Å². The number of para-hydroxylation sites is 2. The minimum absolute atomic E-state index is 0.108. The molecule has 0 aliphatic carbocycles. The lowest BCUT2D eigenvalue weighted by atomic mass is 10.3. The molecule has 2 rings (SSSR count). The van der Waals surface area contributed by atoms with Crippen LogP contribution in [0.25, 0.3) is 11.0 Å². The average Bonchev–Trinajstić information content (AvgIpc) is 2.34. The Kier molecular flexibility index (Phi) is 4.11. The molecule has 0 saturated heterocycles. The van der Waals surface area contributed by atoms with Crippen LogP contribution in [0.15, 0.2) is 30.5 Å². The first kappa shape index (κ1) is 13.9. The highest BCUT2D eigenvalue weighted by molar-refractivity contribution is 7.90. The van der Waals surface area contributed by atoms with Gasteiger partial charge in [-0.15, -0.1) is 0 Å². The fourth-order valence-electron chi connectivity index (χ4n) is 1.87. The number of hydrogen-bond donors (Lipinski definition) is 1. The van der Waals surface area contributed by atoms with Gasteiger partial charge < -0.3 is 5.32 Å². The molecule has 0 bridgehead atoms. The normalized spacial score (nSPS) is 13.6. The number of hydrogen-bond acceptors (Lipinski definition) is 5. The molecule has 0 radical (unpaired) electrons. The number of rotatable bonds is 5. The Morgan fingerprint density at radius 2 is 1.95 bits per heavy atom. The summed E-state index contributed by atoms with van der Waals surface area (Å²) in [4.78, 5) is 8.78. The fourth-order valence-corrected chi connectivity index (χ4v) is 2.90. The lowest BCUT2D eigenvalue weighted by Crippen LogP contribution is -2.32. The van der Waals surface area contributed by atoms with Crippen molar-refractivity contribution in [3.05, 3.63) is 36.2 Å². The molecule has 1 aromatic carbocycles. The summed E-state index contributed by atoms with van der Waals surface area (Å²) in [6, 6.07) is 7.55. The monoisotopic (exact) mass is 279 g/mol. The van der Waals surface area contributed by atoms with Gasteiger partial charge >= 0.3 is 0 Å². The van der Waals surface area contributed by atoms with Crippen LogP contribution in [0.2, 0.25) is 0 Å². The minimum atomic E-state index is -2.96. The molecule has 0 fully saturated rings. The van der Waals surface area contributed by atoms with Gasteiger partial charge in [-0.3, -0.25) is 4.98 Å². The van der Waals surface area contributed by atoms with Gasteiger partial charge in [0.15, 0.2) is 0 Å². The maximum Gasteiger partial charge on any atom is 0.148 e. The van der Waals surface area contributed by atoms with Crippen molar-refractivity contribution < 1.29 is 8.42 Å². The van der Waals surface area contributed by atoms with E-state index in [2.05, 4.69) is 15.3 Å². The quantitative estimate of drug-likeness (QED) is 0.889. The maximum absolute atomic E-state index is 11.2. The summed E-state index contributed by atoms with van der Waals surface area (Å²) in [7, 11) is -2.96. The third-order valence-electron chi connectivity index (χ3n) is 2.68. The van der Waals surface area contributed by atoms with Crippen LogP contribution in [0, 0.1) is 0 Å². The van der Waals surface area contributed by atoms with Gasteiger partial charge in [-0.2, -0.15) is 0 Å². The van der Waals surface area contributed by atoms with Crippen LogP contribution in [-0.4, -0.2) is 36.4 Å². The lowest BCUT2D eigenvalue weighted by molar-refractivity contribution is 0.556. The first-order valence-electron chi connectivity index (χ1n) is 6.06. The van der Waals surface area contributed by atoms with Crippen molar-refractivity contribution in [2.75, 3.05) is 12.0 Å². The maximum atomic E-state index is 11.2. The molecule has 1 unspecified atom stereocenters. The van der Waals surface area contributed by atoms with Crippen molar-refractivity contribution in [1.29, 1.82) is 0 Å². The second kappa shape index (κ2) is 5.63. The van der Waals surface area contributed by atoms with E-state index in [4.69, 9.17) is 0 Å². The van der Waals surface area contributed by atoms with E-state index in [-0.39, 0.29) is 11.8 Å². The van der Waals surface area contributed by atoms with Crippen molar-refractivity contribution >= 4 is 20.9 Å². The number of sulfone groups is 1. The molecule has 5 nitrogen and oxygen atoms in total. The van der Waals surface area contributed by atoms with Crippen molar-refractivity contribution in [2.45, 2.75) is 19.5 Å². The zero-order valence-corrected chi connectivity index (χ0v) is 11.8. The van der Waals surface area contributed by atoms with Crippen LogP contribution in [0.5, 0.6) is 0 Å². The van der Waals surface area contributed by atoms with Gasteiger partial charge in [0.25, 0.3) is 0 Å². The van der Waals surface area contributed by atoms with Gasteiger partial charge in [0.05, 0.1) is 28.7 Å². The van der Waals surface area contributed by atoms with Crippen LogP contribution in [0.4, 0.5) is 0 Å². The third kappa shape index (κ3) is 4.25. The topological polar surface area (TPSA) is 72.0 Å². The number of nitrogens with one attached hydrogen (secondary N) is 1. The highest BCUT2D eigenvalue weighted by Gasteiger charge is 2.10. The Balaban J connectivity index is 2.02. The van der Waals surface area contributed by atoms with E-state index in [0.717, 1.165) is 16.7 Å². The Labute approximate surface area is 113 Å². The Morgan fingerprint density at radius 1 is 1.26 bits per heavy atom. The first-order valence-corrected chi connectivity index (χ1v) is 8.12. The summed E-state index contributed by atoms with van der Waals surface area (Å²) in [6.45, 7) is 2.35. The minimum Gasteiger partial charge on any atom is -0.308 e. The molecular weight excluding hydrogens is 262 g/mol. The Morgan fingerprint density at radius 3 is 2.63 bits per heavy atom. The predicted octanol–water partition coefficient (Wildman–Crippen LogP) is 1.15. The first-order chi connectivity index (χ1) is 8.94. The van der Waals surface area contributed by atoms with Crippen LogP contribution >= 0.6 is 0 Å². The molecule has 1 atom stereocenters. The molecule has 0 aliphatic heterocycles. The highest BCUT2D eigenvalue weighted by Crippen LogP contribution is 2.08. The number of fused-ring (bicyclic) bond motifs is 1. The summed E-state index contributed by atoms with van der Waals surface area (Å²) < 4.78 is 22.3. The van der Waals surface area contributed by atoms with Crippen LogP contribution < -0.4 is 5.32 Å². The fraction of sp³-hybridized carbons (Fsp3) is 0.385. The molecule has 19 heavy (non-hydrogen) atoms. The molecule has 6 heteroatoms. The van der Waals surface area contributed by atoms with Crippen molar-refractivity contribution in [3.8, 4) is 0 Å². The van der Waals surface area contributed by atoms with Crippen molar-refractivity contribution in [2.24, 2.45) is 0 Å². The molecule has 0 aliphatic rings. The van der Waals surface area contributed by atoms with Crippen molar-refractivity contribution in [1.82, 2.24) is 15.3 Å². The van der Waals surface area contributed by atoms with Crippen LogP contribution in [-0.2, 0) is 16.4 Å². The second-order valence-corrected chi connectivity index (χ2v) is 6.91. The number of nitrogens with zero attached hydrogens (tertiary/aromatic N) is 2. The molecule has 2 aromatic rings. The van der Waals surface area contributed by atoms with E-state index in [1.807, 2.05) is 31.2 Å². The smallest absolute Gasteiger partial charge is 0.148 e. The lowest BCUT2D eigenvalue weighted by Gasteiger charge is -2.12. The van der Waals surface area contributed by atoms with Gasteiger partial charge in [0.2, 0.25) is 0 Å². The number of benzene rings is 1. The van der Waals surface area contributed by atoms with E-state index < -0.39 is 9.84 Å². The largest absolute Gasteiger partial charge is 0.308 e. The zero-order chi connectivity index (χ0) is 13.9. The molecule has 0 amide bonds. The molecule has 1 aromatic heterocycles. The van der Waals surface area contributed by atoms with E-state index in [1.54, 1.807) is 6.20 Å². The van der Waals surface area contributed by atoms with E-state index in [1.165, 1.54) is 6.26 Å². The SMILES string of the molecule is CC(CS(C)(=O)=O)NCc1cnc2ccccc2n1.